The molecule has 1 amide bonds. The van der Waals surface area contributed by atoms with Gasteiger partial charge in [-0.1, -0.05) is 32.4 Å². The number of nitrogens with one attached hydrogen (secondary N) is 2. The summed E-state index contributed by atoms with van der Waals surface area (Å²) in [5.74, 6) is 1.17. The van der Waals surface area contributed by atoms with Crippen LogP contribution in [0.5, 0.6) is 11.5 Å². The van der Waals surface area contributed by atoms with Crippen molar-refractivity contribution in [2.75, 3.05) is 26.8 Å². The number of ether oxygens (including phenoxy) is 2. The molecular weight excluding hydrogens is 268 g/mol. The van der Waals surface area contributed by atoms with Crippen molar-refractivity contribution >= 4 is 5.91 Å². The molecule has 0 heterocycles. The Morgan fingerprint density at radius 1 is 1.29 bits per heavy atom. The number of hydrogen-bond acceptors (Lipinski definition) is 4. The van der Waals surface area contributed by atoms with E-state index in [-0.39, 0.29) is 12.5 Å². The van der Waals surface area contributed by atoms with Crippen LogP contribution >= 0.6 is 0 Å². The molecule has 0 aliphatic carbocycles. The van der Waals surface area contributed by atoms with Crippen LogP contribution in [0.15, 0.2) is 18.2 Å². The monoisotopic (exact) mass is 294 g/mol. The molecule has 5 heteroatoms. The van der Waals surface area contributed by atoms with Crippen LogP contribution in [-0.2, 0) is 11.3 Å². The second-order valence-corrected chi connectivity index (χ2v) is 4.72. The summed E-state index contributed by atoms with van der Waals surface area (Å²) in [5, 5.41) is 6.08. The van der Waals surface area contributed by atoms with Crippen LogP contribution in [0.3, 0.4) is 0 Å². The first-order valence-electron chi connectivity index (χ1n) is 7.49. The lowest BCUT2D eigenvalue weighted by atomic mass is 10.2. The lowest BCUT2D eigenvalue weighted by molar-refractivity contribution is -0.123. The summed E-state index contributed by atoms with van der Waals surface area (Å²) >= 11 is 0. The van der Waals surface area contributed by atoms with E-state index in [9.17, 15) is 4.79 Å². The fourth-order valence-electron chi connectivity index (χ4n) is 1.88. The van der Waals surface area contributed by atoms with Crippen molar-refractivity contribution in [2.24, 2.45) is 0 Å². The van der Waals surface area contributed by atoms with Crippen LogP contribution in [0.25, 0.3) is 0 Å². The molecule has 0 fully saturated rings. The molecule has 0 aromatic heterocycles. The first-order valence-corrected chi connectivity index (χ1v) is 7.49. The number of hydrogen-bond donors (Lipinski definition) is 2. The van der Waals surface area contributed by atoms with Gasteiger partial charge in [-0.15, -0.1) is 0 Å². The highest BCUT2D eigenvalue weighted by atomic mass is 16.5. The number of amides is 1. The first-order chi connectivity index (χ1) is 10.2. The summed E-state index contributed by atoms with van der Waals surface area (Å²) in [6, 6.07) is 5.72. The standard InChI is InChI=1S/C16H26N2O3/c1-4-6-10-18-15(19)12-21-16-13(11-17-5-2)8-7-9-14(16)20-3/h7-9,17H,4-6,10-12H2,1-3H3,(H,18,19). The number of methoxy groups -OCH3 is 1. The molecule has 1 aromatic carbocycles. The normalized spacial score (nSPS) is 10.2. The molecule has 5 nitrogen and oxygen atoms in total. The molecule has 0 atom stereocenters. The van der Waals surface area contributed by atoms with Crippen molar-refractivity contribution in [3.8, 4) is 11.5 Å². The highest BCUT2D eigenvalue weighted by Gasteiger charge is 2.12. The van der Waals surface area contributed by atoms with Crippen molar-refractivity contribution in [1.29, 1.82) is 0 Å². The number of carbonyl (C=O) groups excluding carboxylic acids is 1. The second kappa shape index (κ2) is 10.0. The van der Waals surface area contributed by atoms with Crippen LogP contribution in [0.2, 0.25) is 0 Å². The molecule has 0 radical (unpaired) electrons. The van der Waals surface area contributed by atoms with Crippen molar-refractivity contribution in [3.05, 3.63) is 23.8 Å². The maximum Gasteiger partial charge on any atom is 0.257 e. The Morgan fingerprint density at radius 2 is 2.10 bits per heavy atom. The van der Waals surface area contributed by atoms with Crippen molar-refractivity contribution in [2.45, 2.75) is 33.2 Å². The minimum atomic E-state index is -0.108. The molecule has 21 heavy (non-hydrogen) atoms. The molecule has 0 aliphatic heterocycles. The van der Waals surface area contributed by atoms with Gasteiger partial charge in [0.2, 0.25) is 0 Å². The SMILES string of the molecule is CCCCNC(=O)COc1c(CNCC)cccc1OC. The molecule has 0 bridgehead atoms. The molecule has 0 spiro atoms. The predicted octanol–water partition coefficient (Wildman–Crippen LogP) is 2.10. The van der Waals surface area contributed by atoms with Gasteiger partial charge in [0.05, 0.1) is 7.11 Å². The predicted molar refractivity (Wildman–Crippen MR) is 83.8 cm³/mol. The van der Waals surface area contributed by atoms with E-state index < -0.39 is 0 Å². The summed E-state index contributed by atoms with van der Waals surface area (Å²) in [4.78, 5) is 11.7. The van der Waals surface area contributed by atoms with Gasteiger partial charge in [0.25, 0.3) is 5.91 Å². The third-order valence-electron chi connectivity index (χ3n) is 3.05. The van der Waals surface area contributed by atoms with Gasteiger partial charge in [-0.2, -0.15) is 0 Å². The Balaban J connectivity index is 2.64. The number of benzene rings is 1. The Kier molecular flexibility index (Phi) is 8.28. The van der Waals surface area contributed by atoms with E-state index in [0.29, 0.717) is 24.6 Å². The number of rotatable bonds is 10. The van der Waals surface area contributed by atoms with Crippen LogP contribution in [0, 0.1) is 0 Å². The molecule has 0 saturated heterocycles. The highest BCUT2D eigenvalue weighted by Crippen LogP contribution is 2.30. The molecular formula is C16H26N2O3. The van der Waals surface area contributed by atoms with Gasteiger partial charge >= 0.3 is 0 Å². The summed E-state index contributed by atoms with van der Waals surface area (Å²) in [5.41, 5.74) is 0.984. The van der Waals surface area contributed by atoms with Gasteiger partial charge in [0, 0.05) is 18.7 Å². The summed E-state index contributed by atoms with van der Waals surface area (Å²) in [6.07, 6.45) is 2.03. The maximum atomic E-state index is 11.7. The Hall–Kier alpha value is -1.75. The van der Waals surface area contributed by atoms with Gasteiger partial charge < -0.3 is 20.1 Å². The average molecular weight is 294 g/mol. The summed E-state index contributed by atoms with van der Waals surface area (Å²) in [6.45, 7) is 6.37. The van der Waals surface area contributed by atoms with Crippen LogP contribution < -0.4 is 20.1 Å². The molecule has 1 rings (SSSR count). The van der Waals surface area contributed by atoms with E-state index in [0.717, 1.165) is 24.9 Å². The Morgan fingerprint density at radius 3 is 2.76 bits per heavy atom. The lowest BCUT2D eigenvalue weighted by Gasteiger charge is -2.15. The molecule has 1 aromatic rings. The number of carbonyl (C=O) groups is 1. The topological polar surface area (TPSA) is 59.6 Å². The summed E-state index contributed by atoms with van der Waals surface area (Å²) in [7, 11) is 1.60. The zero-order valence-electron chi connectivity index (χ0n) is 13.2. The number of unbranched alkanes of at least 4 members (excludes halogenated alkanes) is 1. The smallest absolute Gasteiger partial charge is 0.257 e. The average Bonchev–Trinajstić information content (AvgIpc) is 2.51. The summed E-state index contributed by atoms with van der Waals surface area (Å²) < 4.78 is 11.0. The Bertz CT molecular complexity index is 436. The van der Waals surface area contributed by atoms with Gasteiger partial charge in [-0.3, -0.25) is 4.79 Å². The Labute approximate surface area is 127 Å². The molecule has 0 unspecified atom stereocenters. The van der Waals surface area contributed by atoms with Crippen LogP contribution in [0.4, 0.5) is 0 Å². The quantitative estimate of drug-likeness (QED) is 0.649. The van der Waals surface area contributed by atoms with Gasteiger partial charge in [0.15, 0.2) is 18.1 Å². The zero-order chi connectivity index (χ0) is 15.5. The second-order valence-electron chi connectivity index (χ2n) is 4.72. The lowest BCUT2D eigenvalue weighted by Crippen LogP contribution is -2.30. The van der Waals surface area contributed by atoms with E-state index in [2.05, 4.69) is 17.6 Å². The third-order valence-corrected chi connectivity index (χ3v) is 3.05. The fourth-order valence-corrected chi connectivity index (χ4v) is 1.88. The van der Waals surface area contributed by atoms with Crippen LogP contribution in [-0.4, -0.2) is 32.7 Å². The van der Waals surface area contributed by atoms with E-state index in [4.69, 9.17) is 9.47 Å². The van der Waals surface area contributed by atoms with E-state index in [1.54, 1.807) is 7.11 Å². The minimum Gasteiger partial charge on any atom is -0.493 e. The fraction of sp³-hybridized carbons (Fsp3) is 0.562. The zero-order valence-corrected chi connectivity index (χ0v) is 13.2. The van der Waals surface area contributed by atoms with Crippen molar-refractivity contribution in [3.63, 3.8) is 0 Å². The molecule has 2 N–H and O–H groups in total. The van der Waals surface area contributed by atoms with E-state index in [1.165, 1.54) is 0 Å². The highest BCUT2D eigenvalue weighted by molar-refractivity contribution is 5.77. The van der Waals surface area contributed by atoms with Gasteiger partial charge in [-0.05, 0) is 19.0 Å². The largest absolute Gasteiger partial charge is 0.493 e. The number of para-hydroxylation sites is 1. The van der Waals surface area contributed by atoms with Crippen molar-refractivity contribution in [1.82, 2.24) is 10.6 Å². The maximum absolute atomic E-state index is 11.7. The van der Waals surface area contributed by atoms with E-state index in [1.807, 2.05) is 25.1 Å². The molecule has 118 valence electrons. The van der Waals surface area contributed by atoms with Gasteiger partial charge in [-0.25, -0.2) is 0 Å². The van der Waals surface area contributed by atoms with E-state index >= 15 is 0 Å². The molecule has 0 saturated carbocycles. The molecule has 0 aliphatic rings. The minimum absolute atomic E-state index is 0.00319. The third kappa shape index (κ3) is 6.04. The van der Waals surface area contributed by atoms with Gasteiger partial charge in [0.1, 0.15) is 0 Å². The first kappa shape index (κ1) is 17.3. The van der Waals surface area contributed by atoms with Crippen LogP contribution in [0.1, 0.15) is 32.3 Å². The van der Waals surface area contributed by atoms with Crippen molar-refractivity contribution < 1.29 is 14.3 Å².